The van der Waals surface area contributed by atoms with E-state index in [2.05, 4.69) is 11.4 Å². The Labute approximate surface area is 123 Å². The molecule has 4 nitrogen and oxygen atoms in total. The third-order valence-corrected chi connectivity index (χ3v) is 3.22. The van der Waals surface area contributed by atoms with Crippen LogP contribution in [0.4, 0.5) is 0 Å². The van der Waals surface area contributed by atoms with Crippen molar-refractivity contribution in [3.8, 4) is 6.07 Å². The van der Waals surface area contributed by atoms with Crippen LogP contribution in [-0.4, -0.2) is 11.1 Å². The summed E-state index contributed by atoms with van der Waals surface area (Å²) < 4.78 is 0. The first kappa shape index (κ1) is 14.8. The number of carbonyl (C=O) groups is 1. The van der Waals surface area contributed by atoms with E-state index in [4.69, 9.17) is 5.11 Å². The van der Waals surface area contributed by atoms with Crippen molar-refractivity contribution in [2.24, 2.45) is 0 Å². The molecule has 0 aromatic heterocycles. The number of carboxylic acid groups (broad SMARTS) is 1. The minimum Gasteiger partial charge on any atom is -0.478 e. The molecule has 2 rings (SSSR count). The zero-order valence-electron chi connectivity index (χ0n) is 11.7. The normalized spacial score (nSPS) is 11.6. The summed E-state index contributed by atoms with van der Waals surface area (Å²) >= 11 is 0. The van der Waals surface area contributed by atoms with E-state index in [1.54, 1.807) is 24.3 Å². The molecular formula is C17H16N2O2. The number of nitrogens with one attached hydrogen (secondary N) is 1. The lowest BCUT2D eigenvalue weighted by Crippen LogP contribution is -2.19. The molecule has 106 valence electrons. The molecule has 1 atom stereocenters. The van der Waals surface area contributed by atoms with E-state index in [0.29, 0.717) is 6.54 Å². The Kier molecular flexibility index (Phi) is 4.70. The first-order chi connectivity index (χ1) is 10.1. The Bertz CT molecular complexity index is 672. The molecule has 2 N–H and O–H groups in total. The van der Waals surface area contributed by atoms with Crippen LogP contribution in [0.3, 0.4) is 0 Å². The van der Waals surface area contributed by atoms with Gasteiger partial charge in [0.05, 0.1) is 11.6 Å². The van der Waals surface area contributed by atoms with Gasteiger partial charge < -0.3 is 5.11 Å². The van der Waals surface area contributed by atoms with Gasteiger partial charge >= 0.3 is 5.97 Å². The second kappa shape index (κ2) is 6.69. The summed E-state index contributed by atoms with van der Waals surface area (Å²) in [6, 6.07) is 16.3. The second-order valence-corrected chi connectivity index (χ2v) is 4.86. The van der Waals surface area contributed by atoms with Gasteiger partial charge in [0.25, 0.3) is 0 Å². The Morgan fingerprint density at radius 3 is 2.57 bits per heavy atom. The van der Waals surface area contributed by atoms with Crippen molar-refractivity contribution in [2.45, 2.75) is 19.5 Å². The van der Waals surface area contributed by atoms with Crippen LogP contribution in [0, 0.1) is 18.3 Å². The van der Waals surface area contributed by atoms with Crippen LogP contribution >= 0.6 is 0 Å². The first-order valence-corrected chi connectivity index (χ1v) is 6.62. The molecule has 0 radical (unpaired) electrons. The maximum atomic E-state index is 10.8. The van der Waals surface area contributed by atoms with Gasteiger partial charge in [-0.3, -0.25) is 5.32 Å². The maximum Gasteiger partial charge on any atom is 0.335 e. The van der Waals surface area contributed by atoms with Crippen molar-refractivity contribution < 1.29 is 9.90 Å². The fourth-order valence-corrected chi connectivity index (χ4v) is 2.07. The molecule has 0 fully saturated rings. The number of benzene rings is 2. The van der Waals surface area contributed by atoms with Crippen LogP contribution in [0.5, 0.6) is 0 Å². The van der Waals surface area contributed by atoms with Crippen molar-refractivity contribution in [2.75, 3.05) is 0 Å². The Morgan fingerprint density at radius 1 is 1.29 bits per heavy atom. The molecule has 0 spiro atoms. The average Bonchev–Trinajstić information content (AvgIpc) is 2.48. The molecule has 2 aromatic rings. The van der Waals surface area contributed by atoms with Crippen molar-refractivity contribution in [1.82, 2.24) is 5.32 Å². The van der Waals surface area contributed by atoms with E-state index in [-0.39, 0.29) is 11.6 Å². The van der Waals surface area contributed by atoms with Crippen molar-refractivity contribution in [1.29, 1.82) is 5.26 Å². The molecule has 0 saturated carbocycles. The zero-order valence-corrected chi connectivity index (χ0v) is 11.7. The summed E-state index contributed by atoms with van der Waals surface area (Å²) in [5.74, 6) is -0.941. The quantitative estimate of drug-likeness (QED) is 0.883. The molecule has 0 saturated heterocycles. The molecule has 0 aliphatic rings. The number of nitrogens with zero attached hydrogens (tertiary/aromatic N) is 1. The minimum absolute atomic E-state index is 0.259. The van der Waals surface area contributed by atoms with Gasteiger partial charge in [-0.05, 0) is 30.2 Å². The summed E-state index contributed by atoms with van der Waals surface area (Å²) in [4.78, 5) is 10.8. The van der Waals surface area contributed by atoms with E-state index >= 15 is 0 Å². The van der Waals surface area contributed by atoms with E-state index in [1.165, 1.54) is 0 Å². The Balaban J connectivity index is 2.03. The maximum absolute atomic E-state index is 10.8. The summed E-state index contributed by atoms with van der Waals surface area (Å²) in [7, 11) is 0. The van der Waals surface area contributed by atoms with Crippen LogP contribution in [0.25, 0.3) is 0 Å². The molecule has 4 heteroatoms. The van der Waals surface area contributed by atoms with Crippen LogP contribution < -0.4 is 5.32 Å². The lowest BCUT2D eigenvalue weighted by Gasteiger charge is -2.12. The molecule has 0 amide bonds. The van der Waals surface area contributed by atoms with Gasteiger partial charge in [0.1, 0.15) is 6.04 Å². The van der Waals surface area contributed by atoms with Crippen LogP contribution in [-0.2, 0) is 6.54 Å². The summed E-state index contributed by atoms with van der Waals surface area (Å²) in [6.07, 6.45) is 0. The minimum atomic E-state index is -0.941. The monoisotopic (exact) mass is 280 g/mol. The molecule has 0 bridgehead atoms. The molecule has 2 aromatic carbocycles. The average molecular weight is 280 g/mol. The number of rotatable bonds is 5. The smallest absolute Gasteiger partial charge is 0.335 e. The van der Waals surface area contributed by atoms with Gasteiger partial charge in [-0.25, -0.2) is 4.79 Å². The highest BCUT2D eigenvalue weighted by atomic mass is 16.4. The molecular weight excluding hydrogens is 264 g/mol. The Morgan fingerprint density at radius 2 is 2.00 bits per heavy atom. The predicted molar refractivity (Wildman–Crippen MR) is 79.8 cm³/mol. The molecule has 21 heavy (non-hydrogen) atoms. The van der Waals surface area contributed by atoms with E-state index in [0.717, 1.165) is 16.7 Å². The summed E-state index contributed by atoms with van der Waals surface area (Å²) in [6.45, 7) is 2.49. The zero-order chi connectivity index (χ0) is 15.2. The highest BCUT2D eigenvalue weighted by Crippen LogP contribution is 2.15. The molecule has 0 aliphatic carbocycles. The SMILES string of the molecule is Cc1cccc(C(C#N)NCc2ccc(C(=O)O)cc2)c1. The van der Waals surface area contributed by atoms with Crippen molar-refractivity contribution >= 4 is 5.97 Å². The highest BCUT2D eigenvalue weighted by Gasteiger charge is 2.10. The first-order valence-electron chi connectivity index (χ1n) is 6.62. The topological polar surface area (TPSA) is 73.1 Å². The predicted octanol–water partition coefficient (Wildman–Crippen LogP) is 3.05. The number of aromatic carboxylic acids is 1. The van der Waals surface area contributed by atoms with Gasteiger partial charge in [-0.2, -0.15) is 5.26 Å². The third kappa shape index (κ3) is 3.91. The third-order valence-electron chi connectivity index (χ3n) is 3.22. The largest absolute Gasteiger partial charge is 0.478 e. The van der Waals surface area contributed by atoms with Gasteiger partial charge in [-0.1, -0.05) is 42.0 Å². The van der Waals surface area contributed by atoms with E-state index in [1.807, 2.05) is 31.2 Å². The van der Waals surface area contributed by atoms with Gasteiger partial charge in [-0.15, -0.1) is 0 Å². The Hall–Kier alpha value is -2.64. The van der Waals surface area contributed by atoms with Crippen LogP contribution in [0.1, 0.15) is 33.1 Å². The number of carboxylic acids is 1. The lowest BCUT2D eigenvalue weighted by molar-refractivity contribution is 0.0697. The number of nitriles is 1. The number of hydrogen-bond donors (Lipinski definition) is 2. The standard InChI is InChI=1S/C17H16N2O2/c1-12-3-2-4-15(9-12)16(10-18)19-11-13-5-7-14(8-6-13)17(20)21/h2-9,16,19H,11H2,1H3,(H,20,21). The molecule has 1 unspecified atom stereocenters. The van der Waals surface area contributed by atoms with Gasteiger partial charge in [0, 0.05) is 6.54 Å². The summed E-state index contributed by atoms with van der Waals surface area (Å²) in [5.41, 5.74) is 3.24. The van der Waals surface area contributed by atoms with E-state index < -0.39 is 5.97 Å². The number of hydrogen-bond acceptors (Lipinski definition) is 3. The van der Waals surface area contributed by atoms with Crippen molar-refractivity contribution in [3.05, 3.63) is 70.8 Å². The molecule has 0 heterocycles. The summed E-state index contributed by atoms with van der Waals surface area (Å²) in [5, 5.41) is 21.3. The second-order valence-electron chi connectivity index (χ2n) is 4.86. The fraction of sp³-hybridized carbons (Fsp3) is 0.176. The van der Waals surface area contributed by atoms with Crippen molar-refractivity contribution in [3.63, 3.8) is 0 Å². The van der Waals surface area contributed by atoms with E-state index in [9.17, 15) is 10.1 Å². The highest BCUT2D eigenvalue weighted by molar-refractivity contribution is 5.87. The van der Waals surface area contributed by atoms with Crippen LogP contribution in [0.15, 0.2) is 48.5 Å². The van der Waals surface area contributed by atoms with Gasteiger partial charge in [0.15, 0.2) is 0 Å². The van der Waals surface area contributed by atoms with Crippen LogP contribution in [0.2, 0.25) is 0 Å². The van der Waals surface area contributed by atoms with Gasteiger partial charge in [0.2, 0.25) is 0 Å². The molecule has 0 aliphatic heterocycles. The lowest BCUT2D eigenvalue weighted by atomic mass is 10.0. The fourth-order valence-electron chi connectivity index (χ4n) is 2.07. The number of aryl methyl sites for hydroxylation is 1.